The van der Waals surface area contributed by atoms with E-state index in [4.69, 9.17) is 4.74 Å². The van der Waals surface area contributed by atoms with Gasteiger partial charge in [0.15, 0.2) is 0 Å². The van der Waals surface area contributed by atoms with E-state index in [-0.39, 0.29) is 24.3 Å². The van der Waals surface area contributed by atoms with Crippen molar-refractivity contribution in [3.8, 4) is 0 Å². The SMILES string of the molecule is COCCNC(=O)c1cccc(NCC(=O)Nc2cccc(NC(=O)CCc3ccccc3)c2)c1. The molecule has 3 rings (SSSR count). The van der Waals surface area contributed by atoms with Crippen LogP contribution in [0.3, 0.4) is 0 Å². The Hall–Kier alpha value is -4.17. The number of carbonyl (C=O) groups is 3. The molecule has 182 valence electrons. The molecule has 8 heteroatoms. The lowest BCUT2D eigenvalue weighted by molar-refractivity contribution is -0.116. The van der Waals surface area contributed by atoms with Crippen LogP contribution in [0.4, 0.5) is 17.1 Å². The van der Waals surface area contributed by atoms with E-state index in [9.17, 15) is 14.4 Å². The topological polar surface area (TPSA) is 109 Å². The summed E-state index contributed by atoms with van der Waals surface area (Å²) in [6.07, 6.45) is 1.03. The number of anilines is 3. The van der Waals surface area contributed by atoms with Crippen molar-refractivity contribution in [3.63, 3.8) is 0 Å². The molecule has 0 radical (unpaired) electrons. The van der Waals surface area contributed by atoms with Crippen LogP contribution in [0, 0.1) is 0 Å². The van der Waals surface area contributed by atoms with Crippen molar-refractivity contribution in [3.05, 3.63) is 90.0 Å². The molecule has 4 N–H and O–H groups in total. The van der Waals surface area contributed by atoms with Gasteiger partial charge >= 0.3 is 0 Å². The van der Waals surface area contributed by atoms with Crippen LogP contribution in [0.15, 0.2) is 78.9 Å². The standard InChI is InChI=1S/C27H30N4O4/c1-35-16-15-28-27(34)21-9-5-10-22(17-21)29-19-26(33)31-24-12-6-11-23(18-24)30-25(32)14-13-20-7-3-2-4-8-20/h2-12,17-18,29H,13-16,19H2,1H3,(H,28,34)(H,30,32)(H,31,33). The molecule has 0 atom stereocenters. The highest BCUT2D eigenvalue weighted by Crippen LogP contribution is 2.16. The molecule has 35 heavy (non-hydrogen) atoms. The molecule has 0 aliphatic heterocycles. The Kier molecular flexibility index (Phi) is 9.83. The van der Waals surface area contributed by atoms with E-state index in [1.807, 2.05) is 30.3 Å². The number of nitrogens with one attached hydrogen (secondary N) is 4. The predicted molar refractivity (Wildman–Crippen MR) is 138 cm³/mol. The van der Waals surface area contributed by atoms with Crippen molar-refractivity contribution < 1.29 is 19.1 Å². The molecule has 0 bridgehead atoms. The zero-order valence-corrected chi connectivity index (χ0v) is 19.7. The summed E-state index contributed by atoms with van der Waals surface area (Å²) in [6.45, 7) is 0.868. The van der Waals surface area contributed by atoms with Gasteiger partial charge in [0.2, 0.25) is 11.8 Å². The van der Waals surface area contributed by atoms with Gasteiger partial charge in [0.05, 0.1) is 13.2 Å². The lowest BCUT2D eigenvalue weighted by Gasteiger charge is -2.11. The maximum atomic E-state index is 12.4. The van der Waals surface area contributed by atoms with Crippen LogP contribution in [-0.2, 0) is 20.7 Å². The monoisotopic (exact) mass is 474 g/mol. The van der Waals surface area contributed by atoms with Crippen molar-refractivity contribution >= 4 is 34.8 Å². The smallest absolute Gasteiger partial charge is 0.251 e. The van der Waals surface area contributed by atoms with Gasteiger partial charge in [0, 0.05) is 42.7 Å². The molecular formula is C27H30N4O4. The van der Waals surface area contributed by atoms with E-state index in [1.54, 1.807) is 55.6 Å². The number of carbonyl (C=O) groups excluding carboxylic acids is 3. The Bertz CT molecular complexity index is 1130. The van der Waals surface area contributed by atoms with Crippen LogP contribution in [-0.4, -0.2) is 44.5 Å². The Morgan fingerprint density at radius 3 is 2.20 bits per heavy atom. The van der Waals surface area contributed by atoms with Crippen molar-refractivity contribution in [1.82, 2.24) is 5.32 Å². The van der Waals surface area contributed by atoms with E-state index in [1.165, 1.54) is 0 Å². The fraction of sp³-hybridized carbons (Fsp3) is 0.222. The molecule has 8 nitrogen and oxygen atoms in total. The summed E-state index contributed by atoms with van der Waals surface area (Å²) in [5, 5.41) is 11.5. The molecule has 0 aromatic heterocycles. The van der Waals surface area contributed by atoms with Crippen LogP contribution >= 0.6 is 0 Å². The van der Waals surface area contributed by atoms with Crippen molar-refractivity contribution in [1.29, 1.82) is 0 Å². The molecule has 3 aromatic rings. The Balaban J connectivity index is 1.46. The van der Waals surface area contributed by atoms with Crippen molar-refractivity contribution in [2.24, 2.45) is 0 Å². The first-order valence-corrected chi connectivity index (χ1v) is 11.4. The lowest BCUT2D eigenvalue weighted by Crippen LogP contribution is -2.27. The van der Waals surface area contributed by atoms with Gasteiger partial charge in [-0.15, -0.1) is 0 Å². The average molecular weight is 475 g/mol. The first-order chi connectivity index (χ1) is 17.0. The third-order valence-corrected chi connectivity index (χ3v) is 5.08. The summed E-state index contributed by atoms with van der Waals surface area (Å²) in [5.41, 5.74) is 3.43. The maximum Gasteiger partial charge on any atom is 0.251 e. The second-order valence-corrected chi connectivity index (χ2v) is 7.85. The van der Waals surface area contributed by atoms with Crippen LogP contribution in [0.25, 0.3) is 0 Å². The first kappa shape index (κ1) is 25.5. The van der Waals surface area contributed by atoms with Gasteiger partial charge in [0.25, 0.3) is 5.91 Å². The summed E-state index contributed by atoms with van der Waals surface area (Å²) in [5.74, 6) is -0.560. The molecule has 0 saturated heterocycles. The molecule has 0 unspecified atom stereocenters. The van der Waals surface area contributed by atoms with Gasteiger partial charge in [-0.2, -0.15) is 0 Å². The second kappa shape index (κ2) is 13.5. The van der Waals surface area contributed by atoms with E-state index < -0.39 is 0 Å². The average Bonchev–Trinajstić information content (AvgIpc) is 2.87. The summed E-state index contributed by atoms with van der Waals surface area (Å²) in [6, 6.07) is 23.7. The lowest BCUT2D eigenvalue weighted by atomic mass is 10.1. The first-order valence-electron chi connectivity index (χ1n) is 11.4. The highest BCUT2D eigenvalue weighted by atomic mass is 16.5. The molecule has 0 saturated carbocycles. The zero-order chi connectivity index (χ0) is 24.9. The third kappa shape index (κ3) is 8.94. The van der Waals surface area contributed by atoms with Gasteiger partial charge in [0.1, 0.15) is 0 Å². The summed E-state index contributed by atoms with van der Waals surface area (Å²) in [7, 11) is 1.57. The highest BCUT2D eigenvalue weighted by Gasteiger charge is 2.08. The summed E-state index contributed by atoms with van der Waals surface area (Å²) in [4.78, 5) is 36.9. The Morgan fingerprint density at radius 1 is 0.771 bits per heavy atom. The van der Waals surface area contributed by atoms with E-state index in [0.717, 1.165) is 5.56 Å². The summed E-state index contributed by atoms with van der Waals surface area (Å²) < 4.78 is 4.93. The largest absolute Gasteiger partial charge is 0.383 e. The number of aryl methyl sites for hydroxylation is 1. The zero-order valence-electron chi connectivity index (χ0n) is 19.7. The Labute approximate surface area is 205 Å². The molecular weight excluding hydrogens is 444 g/mol. The van der Waals surface area contributed by atoms with Gasteiger partial charge in [-0.3, -0.25) is 14.4 Å². The number of methoxy groups -OCH3 is 1. The molecule has 0 aliphatic carbocycles. The number of amides is 3. The van der Waals surface area contributed by atoms with Crippen LogP contribution in [0.2, 0.25) is 0 Å². The minimum Gasteiger partial charge on any atom is -0.383 e. The van der Waals surface area contributed by atoms with Crippen molar-refractivity contribution in [2.75, 3.05) is 42.8 Å². The number of rotatable bonds is 12. The minimum absolute atomic E-state index is 0.0163. The predicted octanol–water partition coefficient (Wildman–Crippen LogP) is 3.68. The van der Waals surface area contributed by atoms with E-state index >= 15 is 0 Å². The molecule has 3 aromatic carbocycles. The van der Waals surface area contributed by atoms with Gasteiger partial charge in [-0.05, 0) is 48.4 Å². The number of hydrogen-bond donors (Lipinski definition) is 4. The van der Waals surface area contributed by atoms with E-state index in [0.29, 0.717) is 48.6 Å². The molecule has 3 amide bonds. The highest BCUT2D eigenvalue weighted by molar-refractivity contribution is 5.97. The fourth-order valence-electron chi connectivity index (χ4n) is 3.33. The number of hydrogen-bond acceptors (Lipinski definition) is 5. The normalized spacial score (nSPS) is 10.3. The van der Waals surface area contributed by atoms with Gasteiger partial charge < -0.3 is 26.0 Å². The van der Waals surface area contributed by atoms with Crippen molar-refractivity contribution in [2.45, 2.75) is 12.8 Å². The Morgan fingerprint density at radius 2 is 1.46 bits per heavy atom. The van der Waals surface area contributed by atoms with E-state index in [2.05, 4.69) is 21.3 Å². The molecule has 0 aliphatic rings. The van der Waals surface area contributed by atoms with Crippen LogP contribution in [0.5, 0.6) is 0 Å². The molecule has 0 fully saturated rings. The van der Waals surface area contributed by atoms with Gasteiger partial charge in [-0.25, -0.2) is 0 Å². The fourth-order valence-corrected chi connectivity index (χ4v) is 3.33. The second-order valence-electron chi connectivity index (χ2n) is 7.85. The van der Waals surface area contributed by atoms with Gasteiger partial charge in [-0.1, -0.05) is 42.5 Å². The minimum atomic E-state index is -0.257. The number of ether oxygens (including phenoxy) is 1. The van der Waals surface area contributed by atoms with Crippen LogP contribution in [0.1, 0.15) is 22.3 Å². The summed E-state index contributed by atoms with van der Waals surface area (Å²) >= 11 is 0. The maximum absolute atomic E-state index is 12.4. The third-order valence-electron chi connectivity index (χ3n) is 5.08. The molecule has 0 heterocycles. The quantitative estimate of drug-likeness (QED) is 0.300. The van der Waals surface area contributed by atoms with Crippen LogP contribution < -0.4 is 21.3 Å². The number of benzene rings is 3. The molecule has 0 spiro atoms.